The summed E-state index contributed by atoms with van der Waals surface area (Å²) in [6.45, 7) is 0.109. The average Bonchev–Trinajstić information content (AvgIpc) is 3.40. The average molecular weight is 469 g/mol. The molecule has 0 unspecified atom stereocenters. The van der Waals surface area contributed by atoms with Crippen LogP contribution in [0.2, 0.25) is 0 Å². The molecular weight excluding hydrogens is 451 g/mol. The van der Waals surface area contributed by atoms with Crippen molar-refractivity contribution in [3.63, 3.8) is 0 Å². The van der Waals surface area contributed by atoms with E-state index in [1.165, 1.54) is 18.3 Å². The number of aromatic amines is 1. The van der Waals surface area contributed by atoms with Gasteiger partial charge in [0.2, 0.25) is 0 Å². The number of benzene rings is 1. The van der Waals surface area contributed by atoms with Gasteiger partial charge in [0.15, 0.2) is 5.13 Å². The van der Waals surface area contributed by atoms with Gasteiger partial charge in [-0.2, -0.15) is 13.2 Å². The zero-order valence-electron chi connectivity index (χ0n) is 17.6. The van der Waals surface area contributed by atoms with Crippen LogP contribution in [0.15, 0.2) is 48.9 Å². The summed E-state index contributed by atoms with van der Waals surface area (Å²) in [5.41, 5.74) is 0.662. The molecule has 6 nitrogen and oxygen atoms in total. The van der Waals surface area contributed by atoms with E-state index in [0.29, 0.717) is 4.88 Å². The lowest BCUT2D eigenvalue weighted by molar-refractivity contribution is -0.138. The molecule has 1 aromatic carbocycles. The Morgan fingerprint density at radius 1 is 1.15 bits per heavy atom. The van der Waals surface area contributed by atoms with Crippen molar-refractivity contribution in [3.8, 4) is 11.8 Å². The summed E-state index contributed by atoms with van der Waals surface area (Å²) in [6.07, 6.45) is 0.370. The van der Waals surface area contributed by atoms with Crippen molar-refractivity contribution < 1.29 is 18.0 Å². The molecule has 0 radical (unpaired) electrons. The molecule has 0 aliphatic carbocycles. The smallest absolute Gasteiger partial charge is 0.346 e. The fourth-order valence-electron chi connectivity index (χ4n) is 3.16. The molecule has 0 aliphatic rings. The first-order valence-electron chi connectivity index (χ1n) is 9.76. The summed E-state index contributed by atoms with van der Waals surface area (Å²) < 4.78 is 40.4. The maximum atomic E-state index is 13.5. The second-order valence-electron chi connectivity index (χ2n) is 7.48. The summed E-state index contributed by atoms with van der Waals surface area (Å²) in [5.74, 6) is 5.27. The van der Waals surface area contributed by atoms with Crippen LogP contribution in [0, 0.1) is 11.8 Å². The Morgan fingerprint density at radius 3 is 2.73 bits per heavy atom. The van der Waals surface area contributed by atoms with Gasteiger partial charge in [0.1, 0.15) is 5.65 Å². The van der Waals surface area contributed by atoms with Crippen molar-refractivity contribution in [1.29, 1.82) is 0 Å². The molecule has 2 N–H and O–H groups in total. The van der Waals surface area contributed by atoms with Gasteiger partial charge in [-0.15, -0.1) is 0 Å². The van der Waals surface area contributed by atoms with E-state index in [-0.39, 0.29) is 22.8 Å². The Bertz CT molecular complexity index is 1380. The summed E-state index contributed by atoms with van der Waals surface area (Å²) >= 11 is 1.13. The SMILES string of the molecule is CN(C)Cc1ccc(C(=O)Nc2ncc(C#Cc3cnc4[nH]ccc4c3)s2)cc1C(F)(F)F. The molecule has 0 spiro atoms. The van der Waals surface area contributed by atoms with E-state index in [1.54, 1.807) is 31.4 Å². The van der Waals surface area contributed by atoms with Crippen LogP contribution in [-0.4, -0.2) is 39.9 Å². The molecule has 0 aliphatic heterocycles. The monoisotopic (exact) mass is 469 g/mol. The lowest BCUT2D eigenvalue weighted by atomic mass is 10.0. The molecule has 3 aromatic heterocycles. The number of H-pyrrole nitrogens is 1. The second-order valence-corrected chi connectivity index (χ2v) is 8.51. The van der Waals surface area contributed by atoms with Crippen LogP contribution in [0.5, 0.6) is 0 Å². The number of hydrogen-bond acceptors (Lipinski definition) is 5. The van der Waals surface area contributed by atoms with Crippen LogP contribution in [0.4, 0.5) is 18.3 Å². The molecule has 4 aromatic rings. The maximum absolute atomic E-state index is 13.5. The van der Waals surface area contributed by atoms with Gasteiger partial charge in [0, 0.05) is 35.5 Å². The summed E-state index contributed by atoms with van der Waals surface area (Å²) in [7, 11) is 3.36. The van der Waals surface area contributed by atoms with E-state index >= 15 is 0 Å². The zero-order chi connectivity index (χ0) is 23.6. The summed E-state index contributed by atoms with van der Waals surface area (Å²) in [6, 6.07) is 7.36. The fourth-order valence-corrected chi connectivity index (χ4v) is 3.83. The van der Waals surface area contributed by atoms with E-state index in [4.69, 9.17) is 0 Å². The summed E-state index contributed by atoms with van der Waals surface area (Å²) in [4.78, 5) is 26.1. The minimum absolute atomic E-state index is 0.0986. The fraction of sp³-hybridized carbons (Fsp3) is 0.174. The van der Waals surface area contributed by atoms with Crippen LogP contribution >= 0.6 is 11.3 Å². The van der Waals surface area contributed by atoms with Gasteiger partial charge in [0.05, 0.1) is 16.6 Å². The predicted octanol–water partition coefficient (Wildman–Crippen LogP) is 4.75. The normalized spacial score (nSPS) is 11.5. The number of carbonyl (C=O) groups is 1. The van der Waals surface area contributed by atoms with Gasteiger partial charge in [-0.1, -0.05) is 23.3 Å². The van der Waals surface area contributed by atoms with E-state index in [1.807, 2.05) is 12.1 Å². The molecule has 4 rings (SSSR count). The number of halogens is 3. The number of carbonyl (C=O) groups excluding carboxylic acids is 1. The largest absolute Gasteiger partial charge is 0.416 e. The highest BCUT2D eigenvalue weighted by Crippen LogP contribution is 2.33. The number of amides is 1. The number of rotatable bonds is 4. The molecule has 0 fully saturated rings. The highest BCUT2D eigenvalue weighted by Gasteiger charge is 2.34. The number of anilines is 1. The van der Waals surface area contributed by atoms with Crippen molar-refractivity contribution in [2.75, 3.05) is 19.4 Å². The first-order chi connectivity index (χ1) is 15.7. The molecule has 0 atom stereocenters. The van der Waals surface area contributed by atoms with Crippen molar-refractivity contribution >= 4 is 33.4 Å². The van der Waals surface area contributed by atoms with Gasteiger partial charge in [-0.3, -0.25) is 10.1 Å². The minimum atomic E-state index is -4.57. The van der Waals surface area contributed by atoms with Crippen LogP contribution in [0.3, 0.4) is 0 Å². The van der Waals surface area contributed by atoms with Crippen molar-refractivity contribution in [2.24, 2.45) is 0 Å². The van der Waals surface area contributed by atoms with E-state index in [9.17, 15) is 18.0 Å². The van der Waals surface area contributed by atoms with Crippen molar-refractivity contribution in [1.82, 2.24) is 19.9 Å². The number of nitrogens with zero attached hydrogens (tertiary/aromatic N) is 3. The topological polar surface area (TPSA) is 73.9 Å². The molecule has 3 heterocycles. The van der Waals surface area contributed by atoms with Gasteiger partial charge in [0.25, 0.3) is 5.91 Å². The standard InChI is InChI=1S/C23H18F3N5OS/c1-31(2)13-17-5-4-16(10-19(17)23(24,25)26)21(32)30-22-29-12-18(33-22)6-3-14-9-15-7-8-27-20(15)28-11-14/h4-5,7-12H,13H2,1-2H3,(H,27,28)(H,29,30,32). The summed E-state index contributed by atoms with van der Waals surface area (Å²) in [5, 5.41) is 3.73. The molecule has 168 valence electrons. The number of thiazole rings is 1. The Labute approximate surface area is 191 Å². The number of pyridine rings is 1. The van der Waals surface area contributed by atoms with E-state index in [0.717, 1.165) is 34.0 Å². The number of hydrogen-bond donors (Lipinski definition) is 2. The Hall–Kier alpha value is -3.68. The molecule has 33 heavy (non-hydrogen) atoms. The molecule has 10 heteroatoms. The Morgan fingerprint density at radius 2 is 1.97 bits per heavy atom. The van der Waals surface area contributed by atoms with Crippen LogP contribution in [0.1, 0.15) is 31.9 Å². The third-order valence-corrected chi connectivity index (χ3v) is 5.45. The number of fused-ring (bicyclic) bond motifs is 1. The third kappa shape index (κ3) is 5.39. The lowest BCUT2D eigenvalue weighted by Crippen LogP contribution is -2.19. The number of aromatic nitrogens is 3. The maximum Gasteiger partial charge on any atom is 0.416 e. The first-order valence-corrected chi connectivity index (χ1v) is 10.6. The minimum Gasteiger partial charge on any atom is -0.346 e. The van der Waals surface area contributed by atoms with Crippen molar-refractivity contribution in [2.45, 2.75) is 12.7 Å². The van der Waals surface area contributed by atoms with Gasteiger partial charge >= 0.3 is 6.18 Å². The van der Waals surface area contributed by atoms with E-state index in [2.05, 4.69) is 32.1 Å². The highest BCUT2D eigenvalue weighted by atomic mass is 32.1. The van der Waals surface area contributed by atoms with Crippen molar-refractivity contribution in [3.05, 3.63) is 76.1 Å². The number of alkyl halides is 3. The molecule has 0 bridgehead atoms. The van der Waals surface area contributed by atoms with Gasteiger partial charge in [-0.05, 0) is 49.8 Å². The second kappa shape index (κ2) is 9.05. The van der Waals surface area contributed by atoms with Gasteiger partial charge < -0.3 is 9.88 Å². The van der Waals surface area contributed by atoms with Gasteiger partial charge in [-0.25, -0.2) is 9.97 Å². The Balaban J connectivity index is 1.49. The quantitative estimate of drug-likeness (QED) is 0.423. The van der Waals surface area contributed by atoms with Crippen LogP contribution < -0.4 is 5.32 Å². The highest BCUT2D eigenvalue weighted by molar-refractivity contribution is 7.16. The number of nitrogens with one attached hydrogen (secondary N) is 2. The van der Waals surface area contributed by atoms with Crippen LogP contribution in [-0.2, 0) is 12.7 Å². The molecule has 1 amide bonds. The molecular formula is C23H18F3N5OS. The molecule has 0 saturated heterocycles. The zero-order valence-corrected chi connectivity index (χ0v) is 18.4. The molecule has 0 saturated carbocycles. The lowest BCUT2D eigenvalue weighted by Gasteiger charge is -2.17. The predicted molar refractivity (Wildman–Crippen MR) is 121 cm³/mol. The van der Waals surface area contributed by atoms with E-state index < -0.39 is 17.6 Å². The first kappa shape index (κ1) is 22.5. The Kier molecular flexibility index (Phi) is 6.18. The third-order valence-electron chi connectivity index (χ3n) is 4.62. The van der Waals surface area contributed by atoms with Crippen LogP contribution in [0.25, 0.3) is 11.0 Å².